The Kier molecular flexibility index (Phi) is 6.70. The van der Waals surface area contributed by atoms with Crippen molar-refractivity contribution in [3.05, 3.63) is 46.5 Å². The van der Waals surface area contributed by atoms with Gasteiger partial charge < -0.3 is 29.8 Å². The van der Waals surface area contributed by atoms with E-state index < -0.39 is 12.2 Å². The van der Waals surface area contributed by atoms with Crippen molar-refractivity contribution in [3.63, 3.8) is 0 Å². The fourth-order valence-corrected chi connectivity index (χ4v) is 5.21. The number of thiazole rings is 2. The number of methoxy groups -OCH3 is 2. The molecule has 0 fully saturated rings. The molecule has 0 bridgehead atoms. The van der Waals surface area contributed by atoms with E-state index in [1.54, 1.807) is 51.0 Å². The van der Waals surface area contributed by atoms with Gasteiger partial charge in [-0.2, -0.15) is 0 Å². The number of hydrogen-bond acceptors (Lipinski definition) is 11. The molecule has 4 heterocycles. The van der Waals surface area contributed by atoms with Crippen molar-refractivity contribution in [1.82, 2.24) is 9.97 Å². The number of anilines is 2. The fourth-order valence-electron chi connectivity index (χ4n) is 3.38. The van der Waals surface area contributed by atoms with E-state index in [4.69, 9.17) is 29.8 Å². The predicted molar refractivity (Wildman–Crippen MR) is 122 cm³/mol. The Balaban J connectivity index is 1.53. The lowest BCUT2D eigenvalue weighted by molar-refractivity contribution is -0.124. The average Bonchev–Trinajstić information content (AvgIpc) is 3.56. The van der Waals surface area contributed by atoms with Crippen LogP contribution in [0.3, 0.4) is 0 Å². The molecule has 11 heteroatoms. The lowest BCUT2D eigenvalue weighted by atomic mass is 10.0. The molecule has 0 aliphatic rings. The number of nitrogens with two attached hydrogens (primary N) is 2. The number of rotatable bonds is 10. The zero-order valence-electron chi connectivity index (χ0n) is 17.4. The summed E-state index contributed by atoms with van der Waals surface area (Å²) in [6.07, 6.45) is 2.31. The van der Waals surface area contributed by atoms with Gasteiger partial charge in [0.15, 0.2) is 21.8 Å². The molecule has 4 rings (SSSR count). The topological polar surface area (TPSA) is 140 Å². The maximum Gasteiger partial charge on any atom is 0.181 e. The molecule has 4 N–H and O–H groups in total. The Hall–Kier alpha value is -2.99. The van der Waals surface area contributed by atoms with Crippen LogP contribution in [-0.2, 0) is 14.3 Å². The maximum atomic E-state index is 13.0. The fraction of sp³-hybridized carbons (Fsp3) is 0.286. The minimum Gasteiger partial charge on any atom is -0.463 e. The Labute approximate surface area is 192 Å². The molecular formula is C21H22N4O5S2. The summed E-state index contributed by atoms with van der Waals surface area (Å²) in [5.74, 6) is 1.08. The standard InChI is InChI=1S/C21H22N4O5S2/c1-27-14(18-16(24-20(22)31-18)12-5-3-7-29-12)9-11(26)10-15(28-2)19-17(25-21(23)32-19)13-6-4-8-30-13/h3-8,14-15H,9-10H2,1-2H3,(H2,22,24)(H2,23,25). The Morgan fingerprint density at radius 2 is 1.34 bits per heavy atom. The van der Waals surface area contributed by atoms with Crippen molar-refractivity contribution in [3.8, 4) is 22.9 Å². The van der Waals surface area contributed by atoms with Crippen LogP contribution in [0.25, 0.3) is 22.9 Å². The summed E-state index contributed by atoms with van der Waals surface area (Å²) < 4.78 is 22.2. The molecule has 0 aliphatic carbocycles. The van der Waals surface area contributed by atoms with Crippen LogP contribution in [0.4, 0.5) is 10.3 Å². The second-order valence-electron chi connectivity index (χ2n) is 6.88. The lowest BCUT2D eigenvalue weighted by Gasteiger charge is -2.17. The number of carbonyl (C=O) groups is 1. The zero-order valence-corrected chi connectivity index (χ0v) is 19.1. The third-order valence-corrected chi connectivity index (χ3v) is 6.78. The second kappa shape index (κ2) is 9.65. The first-order chi connectivity index (χ1) is 15.5. The molecule has 4 aromatic rings. The SMILES string of the molecule is COC(CC(=O)CC(OC)c1sc(N)nc1-c1ccco1)c1sc(N)nc1-c1ccco1. The first-order valence-electron chi connectivity index (χ1n) is 9.67. The molecule has 4 aromatic heterocycles. The van der Waals surface area contributed by atoms with Gasteiger partial charge in [0.05, 0.1) is 22.3 Å². The number of ether oxygens (including phenoxy) is 2. The molecule has 0 aromatic carbocycles. The highest BCUT2D eigenvalue weighted by Crippen LogP contribution is 2.40. The first-order valence-corrected chi connectivity index (χ1v) is 11.3. The van der Waals surface area contributed by atoms with Crippen LogP contribution in [0.1, 0.15) is 34.8 Å². The molecular weight excluding hydrogens is 452 g/mol. The van der Waals surface area contributed by atoms with Gasteiger partial charge in [-0.25, -0.2) is 9.97 Å². The highest BCUT2D eigenvalue weighted by atomic mass is 32.1. The number of hydrogen-bond donors (Lipinski definition) is 2. The smallest absolute Gasteiger partial charge is 0.181 e. The molecule has 168 valence electrons. The summed E-state index contributed by atoms with van der Waals surface area (Å²) in [6, 6.07) is 7.11. The lowest BCUT2D eigenvalue weighted by Crippen LogP contribution is -2.13. The van der Waals surface area contributed by atoms with Crippen LogP contribution in [0, 0.1) is 0 Å². The summed E-state index contributed by atoms with van der Waals surface area (Å²) in [4.78, 5) is 23.2. The number of ketones is 1. The van der Waals surface area contributed by atoms with E-state index >= 15 is 0 Å². The highest BCUT2D eigenvalue weighted by molar-refractivity contribution is 7.16. The first kappa shape index (κ1) is 22.2. The third kappa shape index (κ3) is 4.60. The summed E-state index contributed by atoms with van der Waals surface area (Å²) in [5, 5.41) is 0.748. The molecule has 32 heavy (non-hydrogen) atoms. The van der Waals surface area contributed by atoms with Crippen LogP contribution in [0.5, 0.6) is 0 Å². The molecule has 0 amide bonds. The van der Waals surface area contributed by atoms with E-state index in [0.29, 0.717) is 33.2 Å². The summed E-state index contributed by atoms with van der Waals surface area (Å²) in [5.41, 5.74) is 13.0. The van der Waals surface area contributed by atoms with E-state index in [9.17, 15) is 4.79 Å². The Bertz CT molecular complexity index is 1080. The number of carbonyl (C=O) groups excluding carboxylic acids is 1. The summed E-state index contributed by atoms with van der Waals surface area (Å²) in [7, 11) is 3.10. The highest BCUT2D eigenvalue weighted by Gasteiger charge is 2.28. The number of nitrogen functional groups attached to an aromatic ring is 2. The van der Waals surface area contributed by atoms with Gasteiger partial charge in [-0.05, 0) is 24.3 Å². The zero-order chi connectivity index (χ0) is 22.7. The van der Waals surface area contributed by atoms with Gasteiger partial charge >= 0.3 is 0 Å². The van der Waals surface area contributed by atoms with E-state index in [-0.39, 0.29) is 18.6 Å². The van der Waals surface area contributed by atoms with Gasteiger partial charge in [0.25, 0.3) is 0 Å². The van der Waals surface area contributed by atoms with Gasteiger partial charge in [0.2, 0.25) is 0 Å². The Morgan fingerprint density at radius 3 is 1.69 bits per heavy atom. The van der Waals surface area contributed by atoms with E-state index in [1.165, 1.54) is 22.7 Å². The van der Waals surface area contributed by atoms with Gasteiger partial charge in [0.1, 0.15) is 29.4 Å². The van der Waals surface area contributed by atoms with Gasteiger partial charge in [-0.3, -0.25) is 4.79 Å². The van der Waals surface area contributed by atoms with Gasteiger partial charge in [0, 0.05) is 27.1 Å². The van der Waals surface area contributed by atoms with Crippen LogP contribution < -0.4 is 11.5 Å². The molecule has 0 saturated heterocycles. The molecule has 2 unspecified atom stereocenters. The molecule has 0 aliphatic heterocycles. The maximum absolute atomic E-state index is 13.0. The van der Waals surface area contributed by atoms with Crippen molar-refractivity contribution in [2.45, 2.75) is 25.0 Å². The minimum absolute atomic E-state index is 0.0570. The molecule has 9 nitrogen and oxygen atoms in total. The van der Waals surface area contributed by atoms with E-state index in [2.05, 4.69) is 9.97 Å². The third-order valence-electron chi connectivity index (χ3n) is 4.83. The van der Waals surface area contributed by atoms with Gasteiger partial charge in [-0.1, -0.05) is 22.7 Å². The van der Waals surface area contributed by atoms with Crippen molar-refractivity contribution >= 4 is 38.7 Å². The second-order valence-corrected chi connectivity index (χ2v) is 9.00. The monoisotopic (exact) mass is 474 g/mol. The van der Waals surface area contributed by atoms with Crippen molar-refractivity contribution in [1.29, 1.82) is 0 Å². The molecule has 2 atom stereocenters. The quantitative estimate of drug-likeness (QED) is 0.334. The average molecular weight is 475 g/mol. The Morgan fingerprint density at radius 1 is 0.906 bits per heavy atom. The molecule has 0 radical (unpaired) electrons. The number of nitrogens with zero attached hydrogens (tertiary/aromatic N) is 2. The van der Waals surface area contributed by atoms with Crippen LogP contribution in [-0.4, -0.2) is 30.0 Å². The normalized spacial score (nSPS) is 13.3. The summed E-state index contributed by atoms with van der Waals surface area (Å²) >= 11 is 2.55. The largest absolute Gasteiger partial charge is 0.463 e. The number of aromatic nitrogens is 2. The molecule has 0 saturated carbocycles. The van der Waals surface area contributed by atoms with Crippen molar-refractivity contribution in [2.24, 2.45) is 0 Å². The predicted octanol–water partition coefficient (Wildman–Crippen LogP) is 4.71. The van der Waals surface area contributed by atoms with Crippen molar-refractivity contribution < 1.29 is 23.1 Å². The number of Topliss-reactive ketones (excluding diaryl/α,β-unsaturated/α-hetero) is 1. The number of furan rings is 2. The van der Waals surface area contributed by atoms with Crippen molar-refractivity contribution in [2.75, 3.05) is 25.7 Å². The van der Waals surface area contributed by atoms with E-state index in [0.717, 1.165) is 9.75 Å². The minimum atomic E-state index is -0.522. The van der Waals surface area contributed by atoms with E-state index in [1.807, 2.05) is 0 Å². The summed E-state index contributed by atoms with van der Waals surface area (Å²) in [6.45, 7) is 0. The molecule has 0 spiro atoms. The van der Waals surface area contributed by atoms with Crippen LogP contribution in [0.2, 0.25) is 0 Å². The van der Waals surface area contributed by atoms with Crippen LogP contribution >= 0.6 is 22.7 Å². The van der Waals surface area contributed by atoms with Crippen LogP contribution in [0.15, 0.2) is 45.6 Å². The van der Waals surface area contributed by atoms with Gasteiger partial charge in [-0.15, -0.1) is 0 Å².